The normalized spacial score (nSPS) is 9.00. The first-order valence-corrected chi connectivity index (χ1v) is 7.88. The average molecular weight is 211 g/mol. The van der Waals surface area contributed by atoms with E-state index in [-0.39, 0.29) is 20.0 Å². The summed E-state index contributed by atoms with van der Waals surface area (Å²) in [6.45, 7) is 2.20. The monoisotopic (exact) mass is 212 g/mol. The average Bonchev–Trinajstić information content (AvgIpc) is 1.61. The second kappa shape index (κ2) is 6.09. The molecule has 0 aliphatic carbocycles. The van der Waals surface area contributed by atoms with Crippen LogP contribution in [0.25, 0.3) is 0 Å². The summed E-state index contributed by atoms with van der Waals surface area (Å²) >= 11 is -0.338. The zero-order valence-electron chi connectivity index (χ0n) is 4.00. The third-order valence-electron chi connectivity index (χ3n) is 0.625. The second-order valence-corrected chi connectivity index (χ2v) is 5.22. The predicted molar refractivity (Wildman–Crippen MR) is 31.3 cm³/mol. The number of hydrogen-bond acceptors (Lipinski definition) is 0. The van der Waals surface area contributed by atoms with Crippen molar-refractivity contribution in [3.05, 3.63) is 0 Å². The van der Waals surface area contributed by atoms with Gasteiger partial charge in [0.1, 0.15) is 0 Å². The Morgan fingerprint density at radius 3 is 2.50 bits per heavy atom. The van der Waals surface area contributed by atoms with Gasteiger partial charge in [0.25, 0.3) is 0 Å². The van der Waals surface area contributed by atoms with Gasteiger partial charge in [-0.15, -0.1) is 0 Å². The first-order valence-electron chi connectivity index (χ1n) is 2.25. The molecule has 2 radical (unpaired) electrons. The molecule has 0 aliphatic heterocycles. The molecule has 0 atom stereocenters. The van der Waals surface area contributed by atoms with Crippen LogP contribution in [0.2, 0.25) is 4.44 Å². The fourth-order valence-corrected chi connectivity index (χ4v) is 2.53. The van der Waals surface area contributed by atoms with Crippen molar-refractivity contribution in [3.63, 3.8) is 0 Å². The summed E-state index contributed by atoms with van der Waals surface area (Å²) in [6.07, 6.45) is 2.67. The SMILES string of the molecule is CCC[CH2][Sn][Cl]. The summed E-state index contributed by atoms with van der Waals surface area (Å²) in [5, 5.41) is 0. The van der Waals surface area contributed by atoms with Crippen LogP contribution in [0, 0.1) is 0 Å². The van der Waals surface area contributed by atoms with Crippen LogP contribution in [-0.4, -0.2) is 20.0 Å². The van der Waals surface area contributed by atoms with E-state index in [1.54, 1.807) is 0 Å². The molecule has 0 rings (SSSR count). The molecule has 0 aromatic heterocycles. The van der Waals surface area contributed by atoms with Crippen molar-refractivity contribution in [3.8, 4) is 0 Å². The van der Waals surface area contributed by atoms with Crippen LogP contribution in [0.1, 0.15) is 19.8 Å². The molecule has 36 valence electrons. The Hall–Kier alpha value is 1.09. The molecule has 0 bridgehead atoms. The Morgan fingerprint density at radius 1 is 1.67 bits per heavy atom. The van der Waals surface area contributed by atoms with E-state index in [0.717, 1.165) is 0 Å². The van der Waals surface area contributed by atoms with Crippen LogP contribution >= 0.6 is 8.92 Å². The van der Waals surface area contributed by atoms with Crippen molar-refractivity contribution >= 4 is 28.9 Å². The zero-order chi connectivity index (χ0) is 4.83. The maximum absolute atomic E-state index is 5.55. The van der Waals surface area contributed by atoms with Crippen molar-refractivity contribution in [2.75, 3.05) is 0 Å². The summed E-state index contributed by atoms with van der Waals surface area (Å²) in [5.74, 6) is 0. The van der Waals surface area contributed by atoms with E-state index in [2.05, 4.69) is 6.92 Å². The Balaban J connectivity index is 2.34. The Bertz CT molecular complexity index is 19.5. The summed E-state index contributed by atoms with van der Waals surface area (Å²) < 4.78 is 1.35. The molecule has 0 nitrogen and oxygen atoms in total. The van der Waals surface area contributed by atoms with Crippen LogP contribution in [0.4, 0.5) is 0 Å². The Kier molecular flexibility index (Phi) is 7.19. The van der Waals surface area contributed by atoms with E-state index in [1.807, 2.05) is 0 Å². The van der Waals surface area contributed by atoms with E-state index >= 15 is 0 Å². The van der Waals surface area contributed by atoms with Gasteiger partial charge in [0.05, 0.1) is 0 Å². The second-order valence-electron chi connectivity index (χ2n) is 1.24. The molecule has 6 heavy (non-hydrogen) atoms. The standard InChI is InChI=1S/C4H9.ClH.Sn/c1-3-4-2;;/h1,3-4H2,2H3;1H;/q;;+1/p-1. The van der Waals surface area contributed by atoms with Crippen molar-refractivity contribution in [2.24, 2.45) is 0 Å². The molecule has 0 aromatic carbocycles. The van der Waals surface area contributed by atoms with Crippen molar-refractivity contribution in [2.45, 2.75) is 24.2 Å². The van der Waals surface area contributed by atoms with Gasteiger partial charge in [-0.2, -0.15) is 0 Å². The third-order valence-corrected chi connectivity index (χ3v) is 3.44. The Morgan fingerprint density at radius 2 is 2.33 bits per heavy atom. The molecule has 0 saturated carbocycles. The zero-order valence-corrected chi connectivity index (χ0v) is 7.61. The summed E-state index contributed by atoms with van der Waals surface area (Å²) in [7, 11) is 5.55. The van der Waals surface area contributed by atoms with Gasteiger partial charge in [-0.3, -0.25) is 0 Å². The fourth-order valence-electron chi connectivity index (χ4n) is 0.244. The van der Waals surface area contributed by atoms with Crippen LogP contribution < -0.4 is 0 Å². The van der Waals surface area contributed by atoms with Crippen LogP contribution in [0.5, 0.6) is 0 Å². The molecular formula is C4H9ClSn. The topological polar surface area (TPSA) is 0 Å². The van der Waals surface area contributed by atoms with Gasteiger partial charge < -0.3 is 0 Å². The van der Waals surface area contributed by atoms with Gasteiger partial charge in [-0.05, 0) is 0 Å². The summed E-state index contributed by atoms with van der Waals surface area (Å²) in [6, 6.07) is 0. The van der Waals surface area contributed by atoms with Crippen molar-refractivity contribution in [1.29, 1.82) is 0 Å². The molecule has 0 heterocycles. The van der Waals surface area contributed by atoms with Gasteiger partial charge >= 0.3 is 53.1 Å². The van der Waals surface area contributed by atoms with Gasteiger partial charge in [-0.1, -0.05) is 0 Å². The van der Waals surface area contributed by atoms with Gasteiger partial charge in [0.15, 0.2) is 0 Å². The van der Waals surface area contributed by atoms with Crippen molar-refractivity contribution < 1.29 is 0 Å². The maximum atomic E-state index is 5.55. The molecule has 0 spiro atoms. The molecule has 0 fully saturated rings. The minimum atomic E-state index is -0.338. The van der Waals surface area contributed by atoms with Crippen LogP contribution in [0.15, 0.2) is 0 Å². The predicted octanol–water partition coefficient (Wildman–Crippen LogP) is 2.06. The number of hydrogen-bond donors (Lipinski definition) is 0. The first kappa shape index (κ1) is 7.09. The van der Waals surface area contributed by atoms with E-state index in [1.165, 1.54) is 17.3 Å². The number of halogens is 1. The number of rotatable bonds is 3. The fraction of sp³-hybridized carbons (Fsp3) is 1.00. The van der Waals surface area contributed by atoms with Crippen LogP contribution in [-0.2, 0) is 0 Å². The van der Waals surface area contributed by atoms with Gasteiger partial charge in [-0.25, -0.2) is 0 Å². The van der Waals surface area contributed by atoms with E-state index < -0.39 is 0 Å². The molecule has 2 heteroatoms. The van der Waals surface area contributed by atoms with E-state index in [9.17, 15) is 0 Å². The molecule has 0 amide bonds. The molecular weight excluding hydrogens is 202 g/mol. The molecule has 0 aromatic rings. The molecule has 0 aliphatic rings. The molecule has 0 unspecified atom stereocenters. The van der Waals surface area contributed by atoms with E-state index in [0.29, 0.717) is 0 Å². The van der Waals surface area contributed by atoms with E-state index in [4.69, 9.17) is 8.92 Å². The molecule has 0 N–H and O–H groups in total. The third kappa shape index (κ3) is 5.09. The summed E-state index contributed by atoms with van der Waals surface area (Å²) in [5.41, 5.74) is 0. The minimum absolute atomic E-state index is 0.338. The quantitative estimate of drug-likeness (QED) is 0.495. The van der Waals surface area contributed by atoms with Gasteiger partial charge in [0.2, 0.25) is 0 Å². The first-order chi connectivity index (χ1) is 2.91. The van der Waals surface area contributed by atoms with Crippen LogP contribution in [0.3, 0.4) is 0 Å². The van der Waals surface area contributed by atoms with Gasteiger partial charge in [0, 0.05) is 0 Å². The number of unbranched alkanes of at least 4 members (excludes halogenated alkanes) is 1. The Labute approximate surface area is 53.2 Å². The summed E-state index contributed by atoms with van der Waals surface area (Å²) in [4.78, 5) is 0. The molecule has 0 saturated heterocycles. The van der Waals surface area contributed by atoms with Crippen molar-refractivity contribution in [1.82, 2.24) is 0 Å².